The number of para-hydroxylation sites is 1. The second-order valence-electron chi connectivity index (χ2n) is 5.68. The van der Waals surface area contributed by atoms with Gasteiger partial charge < -0.3 is 14.8 Å². The van der Waals surface area contributed by atoms with Gasteiger partial charge in [0, 0.05) is 11.8 Å². The number of aromatic nitrogens is 3. The molecule has 1 aromatic heterocycles. The van der Waals surface area contributed by atoms with E-state index in [0.717, 1.165) is 5.69 Å². The van der Waals surface area contributed by atoms with Crippen LogP contribution in [0.3, 0.4) is 0 Å². The fourth-order valence-electron chi connectivity index (χ4n) is 2.55. The molecule has 0 spiro atoms. The maximum Gasteiger partial charge on any atom is 0.234 e. The third kappa shape index (κ3) is 5.04. The Kier molecular flexibility index (Phi) is 6.91. The molecule has 7 nitrogen and oxygen atoms in total. The van der Waals surface area contributed by atoms with Crippen LogP contribution in [-0.2, 0) is 4.79 Å². The molecule has 0 radical (unpaired) electrons. The highest BCUT2D eigenvalue weighted by Crippen LogP contribution is 2.30. The highest BCUT2D eigenvalue weighted by Gasteiger charge is 2.13. The minimum absolute atomic E-state index is 0.165. The van der Waals surface area contributed by atoms with Crippen molar-refractivity contribution in [1.29, 1.82) is 0 Å². The lowest BCUT2D eigenvalue weighted by Crippen LogP contribution is -2.15. The van der Waals surface area contributed by atoms with Crippen molar-refractivity contribution in [2.45, 2.75) is 19.0 Å². The quantitative estimate of drug-likeness (QED) is 0.553. The summed E-state index contributed by atoms with van der Waals surface area (Å²) in [5, 5.41) is 11.6. The normalized spacial score (nSPS) is 10.5. The van der Waals surface area contributed by atoms with Gasteiger partial charge in [-0.2, -0.15) is 0 Å². The number of carbonyl (C=O) groups is 1. The van der Waals surface area contributed by atoms with Crippen molar-refractivity contribution in [3.63, 3.8) is 0 Å². The number of amides is 1. The van der Waals surface area contributed by atoms with E-state index in [4.69, 9.17) is 9.47 Å². The first kappa shape index (κ1) is 19.8. The summed E-state index contributed by atoms with van der Waals surface area (Å²) in [5.41, 5.74) is 1.53. The summed E-state index contributed by atoms with van der Waals surface area (Å²) in [6.45, 7) is 4.86. The Hall–Kier alpha value is -3.00. The summed E-state index contributed by atoms with van der Waals surface area (Å²) in [4.78, 5) is 12.5. The van der Waals surface area contributed by atoms with Crippen molar-refractivity contribution in [2.24, 2.45) is 0 Å². The number of hydrogen-bond acceptors (Lipinski definition) is 6. The van der Waals surface area contributed by atoms with Crippen LogP contribution in [0.5, 0.6) is 11.5 Å². The molecule has 1 amide bonds. The number of ether oxygens (including phenoxy) is 2. The second-order valence-corrected chi connectivity index (χ2v) is 6.62. The van der Waals surface area contributed by atoms with Crippen molar-refractivity contribution in [2.75, 3.05) is 24.3 Å². The molecule has 1 heterocycles. The van der Waals surface area contributed by atoms with Gasteiger partial charge in [0.25, 0.3) is 0 Å². The number of nitrogens with one attached hydrogen (secondary N) is 1. The average molecular weight is 398 g/mol. The van der Waals surface area contributed by atoms with Crippen molar-refractivity contribution in [1.82, 2.24) is 14.8 Å². The van der Waals surface area contributed by atoms with Crippen molar-refractivity contribution >= 4 is 23.4 Å². The van der Waals surface area contributed by atoms with Crippen LogP contribution in [0.1, 0.15) is 13.8 Å². The van der Waals surface area contributed by atoms with Gasteiger partial charge in [-0.15, -0.1) is 10.2 Å². The lowest BCUT2D eigenvalue weighted by Gasteiger charge is -2.13. The molecule has 2 aromatic carbocycles. The van der Waals surface area contributed by atoms with Gasteiger partial charge in [-0.1, -0.05) is 30.0 Å². The van der Waals surface area contributed by atoms with Gasteiger partial charge in [0.2, 0.25) is 5.91 Å². The minimum atomic E-state index is -0.165. The van der Waals surface area contributed by atoms with Crippen molar-refractivity contribution in [3.05, 3.63) is 54.9 Å². The lowest BCUT2D eigenvalue weighted by molar-refractivity contribution is -0.113. The third-order valence-corrected chi connectivity index (χ3v) is 4.66. The number of rotatable bonds is 9. The van der Waals surface area contributed by atoms with E-state index in [1.807, 2.05) is 54.8 Å². The van der Waals surface area contributed by atoms with E-state index in [9.17, 15) is 4.79 Å². The van der Waals surface area contributed by atoms with Crippen LogP contribution in [0.2, 0.25) is 0 Å². The molecule has 3 rings (SSSR count). The minimum Gasteiger partial charge on any atom is -0.494 e. The predicted molar refractivity (Wildman–Crippen MR) is 109 cm³/mol. The molecule has 0 fully saturated rings. The van der Waals surface area contributed by atoms with Crippen LogP contribution in [-0.4, -0.2) is 39.6 Å². The molecule has 146 valence electrons. The van der Waals surface area contributed by atoms with Crippen LogP contribution in [0.25, 0.3) is 5.69 Å². The Labute approximate surface area is 168 Å². The van der Waals surface area contributed by atoms with E-state index in [2.05, 4.69) is 15.5 Å². The fourth-order valence-corrected chi connectivity index (χ4v) is 3.28. The topological polar surface area (TPSA) is 78.3 Å². The van der Waals surface area contributed by atoms with Crippen LogP contribution >= 0.6 is 11.8 Å². The number of nitrogens with zero attached hydrogens (tertiary/aromatic N) is 3. The van der Waals surface area contributed by atoms with Gasteiger partial charge in [0.1, 0.15) is 17.8 Å². The highest BCUT2D eigenvalue weighted by atomic mass is 32.2. The predicted octanol–water partition coefficient (Wildman–Crippen LogP) is 3.80. The molecule has 0 saturated heterocycles. The molecule has 0 bridgehead atoms. The van der Waals surface area contributed by atoms with E-state index in [0.29, 0.717) is 35.6 Å². The lowest BCUT2D eigenvalue weighted by atomic mass is 10.2. The average Bonchev–Trinajstić information content (AvgIpc) is 3.18. The van der Waals surface area contributed by atoms with Crippen LogP contribution < -0.4 is 14.8 Å². The third-order valence-electron chi connectivity index (χ3n) is 3.72. The first-order chi connectivity index (χ1) is 13.7. The zero-order valence-corrected chi connectivity index (χ0v) is 16.6. The Morgan fingerprint density at radius 2 is 1.89 bits per heavy atom. The highest BCUT2D eigenvalue weighted by molar-refractivity contribution is 7.99. The number of carbonyl (C=O) groups excluding carboxylic acids is 1. The molecule has 28 heavy (non-hydrogen) atoms. The first-order valence-corrected chi connectivity index (χ1v) is 9.97. The molecule has 8 heteroatoms. The fraction of sp³-hybridized carbons (Fsp3) is 0.250. The number of benzene rings is 2. The van der Waals surface area contributed by atoms with Crippen molar-refractivity contribution in [3.8, 4) is 17.2 Å². The first-order valence-electron chi connectivity index (χ1n) is 8.99. The Balaban J connectivity index is 1.67. The number of anilines is 1. The summed E-state index contributed by atoms with van der Waals surface area (Å²) < 4.78 is 13.0. The van der Waals surface area contributed by atoms with Crippen LogP contribution in [0.4, 0.5) is 5.69 Å². The zero-order chi connectivity index (χ0) is 19.8. The second kappa shape index (κ2) is 9.80. The van der Waals surface area contributed by atoms with Gasteiger partial charge >= 0.3 is 0 Å². The SMILES string of the molecule is CCOc1ccc(OCC)c(NC(=O)CSc2nncn2-c2ccccc2)c1. The Bertz CT molecular complexity index is 915. The summed E-state index contributed by atoms with van der Waals surface area (Å²) in [5.74, 6) is 1.31. The van der Waals surface area contributed by atoms with E-state index in [1.165, 1.54) is 11.8 Å². The number of thioether (sulfide) groups is 1. The molecular weight excluding hydrogens is 376 g/mol. The molecule has 0 aliphatic heterocycles. The van der Waals surface area contributed by atoms with Gasteiger partial charge in [0.05, 0.1) is 24.7 Å². The summed E-state index contributed by atoms with van der Waals surface area (Å²) in [6, 6.07) is 15.1. The monoisotopic (exact) mass is 398 g/mol. The summed E-state index contributed by atoms with van der Waals surface area (Å²) in [7, 11) is 0. The van der Waals surface area contributed by atoms with Crippen LogP contribution in [0, 0.1) is 0 Å². The largest absolute Gasteiger partial charge is 0.494 e. The Morgan fingerprint density at radius 1 is 1.11 bits per heavy atom. The zero-order valence-electron chi connectivity index (χ0n) is 15.8. The molecule has 0 aliphatic carbocycles. The summed E-state index contributed by atoms with van der Waals surface area (Å²) >= 11 is 1.31. The van der Waals surface area contributed by atoms with Crippen molar-refractivity contribution < 1.29 is 14.3 Å². The maximum atomic E-state index is 12.5. The van der Waals surface area contributed by atoms with Crippen LogP contribution in [0.15, 0.2) is 60.0 Å². The van der Waals surface area contributed by atoms with Gasteiger partial charge in [-0.05, 0) is 38.1 Å². The Morgan fingerprint density at radius 3 is 2.64 bits per heavy atom. The summed E-state index contributed by atoms with van der Waals surface area (Å²) in [6.07, 6.45) is 1.63. The maximum absolute atomic E-state index is 12.5. The molecule has 1 N–H and O–H groups in total. The molecule has 0 aliphatic rings. The smallest absolute Gasteiger partial charge is 0.234 e. The molecular formula is C20H22N4O3S. The molecule has 0 atom stereocenters. The molecule has 0 unspecified atom stereocenters. The number of hydrogen-bond donors (Lipinski definition) is 1. The van der Waals surface area contributed by atoms with E-state index < -0.39 is 0 Å². The standard InChI is InChI=1S/C20H22N4O3S/c1-3-26-16-10-11-18(27-4-2)17(12-16)22-19(25)13-28-20-23-21-14-24(20)15-8-6-5-7-9-15/h5-12,14H,3-4,13H2,1-2H3,(H,22,25). The van der Waals surface area contributed by atoms with Gasteiger partial charge in [-0.3, -0.25) is 9.36 Å². The van der Waals surface area contributed by atoms with Gasteiger partial charge in [-0.25, -0.2) is 0 Å². The van der Waals surface area contributed by atoms with Gasteiger partial charge in [0.15, 0.2) is 5.16 Å². The molecule has 3 aromatic rings. The van der Waals surface area contributed by atoms with E-state index >= 15 is 0 Å². The van der Waals surface area contributed by atoms with E-state index in [1.54, 1.807) is 18.5 Å². The molecule has 0 saturated carbocycles. The van der Waals surface area contributed by atoms with E-state index in [-0.39, 0.29) is 11.7 Å².